The Morgan fingerprint density at radius 3 is 3.16 bits per heavy atom. The van der Waals surface area contributed by atoms with Gasteiger partial charge in [-0.2, -0.15) is 0 Å². The first-order valence-electron chi connectivity index (χ1n) is 8.66. The SMILES string of the molecule is C[C@H](OC[C@H]1CCCO1)C(=O)NCCc1nc2ccc(F)cc2n1C. The van der Waals surface area contributed by atoms with E-state index in [-0.39, 0.29) is 17.8 Å². The van der Waals surface area contributed by atoms with Crippen molar-refractivity contribution < 1.29 is 18.7 Å². The van der Waals surface area contributed by atoms with Crippen LogP contribution in [0.4, 0.5) is 4.39 Å². The second kappa shape index (κ2) is 7.93. The summed E-state index contributed by atoms with van der Waals surface area (Å²) in [6.07, 6.45) is 2.20. The van der Waals surface area contributed by atoms with Crippen molar-refractivity contribution >= 4 is 16.9 Å². The number of aryl methyl sites for hydroxylation is 1. The fourth-order valence-corrected chi connectivity index (χ4v) is 2.98. The van der Waals surface area contributed by atoms with Gasteiger partial charge in [0.15, 0.2) is 0 Å². The van der Waals surface area contributed by atoms with Crippen LogP contribution < -0.4 is 5.32 Å². The number of amides is 1. The number of hydrogen-bond donors (Lipinski definition) is 1. The normalized spacial score (nSPS) is 18.6. The van der Waals surface area contributed by atoms with Gasteiger partial charge in [0, 0.05) is 26.6 Å². The third-order valence-corrected chi connectivity index (χ3v) is 4.51. The molecule has 3 rings (SSSR count). The molecule has 0 spiro atoms. The number of fused-ring (bicyclic) bond motifs is 1. The number of halogens is 1. The highest BCUT2D eigenvalue weighted by Crippen LogP contribution is 2.16. The largest absolute Gasteiger partial charge is 0.376 e. The van der Waals surface area contributed by atoms with Gasteiger partial charge in [-0.25, -0.2) is 9.37 Å². The number of carbonyl (C=O) groups excluding carboxylic acids is 1. The molecule has 7 heteroatoms. The van der Waals surface area contributed by atoms with E-state index < -0.39 is 6.10 Å². The van der Waals surface area contributed by atoms with Crippen LogP contribution in [-0.4, -0.2) is 47.4 Å². The Hall–Kier alpha value is -1.99. The number of hydrogen-bond acceptors (Lipinski definition) is 4. The Kier molecular flexibility index (Phi) is 5.65. The van der Waals surface area contributed by atoms with Crippen molar-refractivity contribution in [2.75, 3.05) is 19.8 Å². The van der Waals surface area contributed by atoms with Crippen molar-refractivity contribution in [3.8, 4) is 0 Å². The number of benzene rings is 1. The molecule has 1 saturated heterocycles. The lowest BCUT2D eigenvalue weighted by Gasteiger charge is -2.16. The Bertz CT molecular complexity index is 740. The summed E-state index contributed by atoms with van der Waals surface area (Å²) >= 11 is 0. The standard InChI is InChI=1S/C18H24FN3O3/c1-12(25-11-14-4-3-9-24-14)18(23)20-8-7-17-21-15-6-5-13(19)10-16(15)22(17)2/h5-6,10,12,14H,3-4,7-9,11H2,1-2H3,(H,20,23)/t12-,14+/m0/s1. The highest BCUT2D eigenvalue weighted by Gasteiger charge is 2.19. The summed E-state index contributed by atoms with van der Waals surface area (Å²) in [5.41, 5.74) is 1.49. The van der Waals surface area contributed by atoms with Crippen LogP contribution in [0.3, 0.4) is 0 Å². The molecule has 2 atom stereocenters. The number of aromatic nitrogens is 2. The molecule has 1 N–H and O–H groups in total. The van der Waals surface area contributed by atoms with Crippen LogP contribution in [-0.2, 0) is 27.7 Å². The monoisotopic (exact) mass is 349 g/mol. The molecular formula is C18H24FN3O3. The van der Waals surface area contributed by atoms with Crippen LogP contribution >= 0.6 is 0 Å². The molecule has 2 heterocycles. The molecule has 1 amide bonds. The first-order valence-corrected chi connectivity index (χ1v) is 8.66. The molecule has 1 fully saturated rings. The van der Waals surface area contributed by atoms with E-state index in [1.807, 2.05) is 11.6 Å². The number of ether oxygens (including phenoxy) is 2. The minimum Gasteiger partial charge on any atom is -0.376 e. The van der Waals surface area contributed by atoms with E-state index in [2.05, 4.69) is 10.3 Å². The maximum absolute atomic E-state index is 13.3. The topological polar surface area (TPSA) is 65.4 Å². The van der Waals surface area contributed by atoms with Gasteiger partial charge >= 0.3 is 0 Å². The quantitative estimate of drug-likeness (QED) is 0.830. The second-order valence-corrected chi connectivity index (χ2v) is 6.37. The third kappa shape index (κ3) is 4.35. The molecule has 0 aliphatic carbocycles. The molecule has 2 aromatic rings. The maximum atomic E-state index is 13.3. The fourth-order valence-electron chi connectivity index (χ4n) is 2.98. The summed E-state index contributed by atoms with van der Waals surface area (Å²) in [5.74, 6) is 0.365. The van der Waals surface area contributed by atoms with Gasteiger partial charge in [0.25, 0.3) is 0 Å². The average molecular weight is 349 g/mol. The van der Waals surface area contributed by atoms with E-state index in [4.69, 9.17) is 9.47 Å². The van der Waals surface area contributed by atoms with Gasteiger partial charge in [-0.05, 0) is 38.0 Å². The minimum absolute atomic E-state index is 0.107. The molecule has 6 nitrogen and oxygen atoms in total. The van der Waals surface area contributed by atoms with Gasteiger partial charge < -0.3 is 19.4 Å². The second-order valence-electron chi connectivity index (χ2n) is 6.37. The van der Waals surface area contributed by atoms with E-state index in [0.29, 0.717) is 19.6 Å². The Balaban J connectivity index is 1.47. The molecule has 25 heavy (non-hydrogen) atoms. The minimum atomic E-state index is -0.515. The van der Waals surface area contributed by atoms with Gasteiger partial charge in [0.05, 0.1) is 23.7 Å². The first-order chi connectivity index (χ1) is 12.0. The van der Waals surface area contributed by atoms with Gasteiger partial charge in [-0.15, -0.1) is 0 Å². The lowest BCUT2D eigenvalue weighted by Crippen LogP contribution is -2.37. The van der Waals surface area contributed by atoms with Crippen molar-refractivity contribution in [2.24, 2.45) is 7.05 Å². The molecule has 0 unspecified atom stereocenters. The van der Waals surface area contributed by atoms with E-state index in [9.17, 15) is 9.18 Å². The Labute approximate surface area is 146 Å². The summed E-state index contributed by atoms with van der Waals surface area (Å²) in [6.45, 7) is 3.41. The number of imidazole rings is 1. The zero-order valence-electron chi connectivity index (χ0n) is 14.6. The van der Waals surface area contributed by atoms with Crippen LogP contribution in [0, 0.1) is 5.82 Å². The van der Waals surface area contributed by atoms with Crippen molar-refractivity contribution in [2.45, 2.75) is 38.4 Å². The summed E-state index contributed by atoms with van der Waals surface area (Å²) in [5, 5.41) is 2.86. The average Bonchev–Trinajstić information content (AvgIpc) is 3.22. The van der Waals surface area contributed by atoms with E-state index >= 15 is 0 Å². The predicted octanol–water partition coefficient (Wildman–Crippen LogP) is 1.96. The lowest BCUT2D eigenvalue weighted by molar-refractivity contribution is -0.133. The van der Waals surface area contributed by atoms with Gasteiger partial charge in [0.1, 0.15) is 17.7 Å². The van der Waals surface area contributed by atoms with Gasteiger partial charge in [-0.3, -0.25) is 4.79 Å². The van der Waals surface area contributed by atoms with Crippen LogP contribution in [0.2, 0.25) is 0 Å². The number of nitrogens with zero attached hydrogens (tertiary/aromatic N) is 2. The fraction of sp³-hybridized carbons (Fsp3) is 0.556. The number of carbonyl (C=O) groups is 1. The summed E-state index contributed by atoms with van der Waals surface area (Å²) in [4.78, 5) is 16.6. The molecule has 1 aliphatic rings. The van der Waals surface area contributed by atoms with Crippen molar-refractivity contribution in [1.82, 2.24) is 14.9 Å². The summed E-state index contributed by atoms with van der Waals surface area (Å²) in [6, 6.07) is 4.52. The predicted molar refractivity (Wildman–Crippen MR) is 91.8 cm³/mol. The molecule has 136 valence electrons. The van der Waals surface area contributed by atoms with Crippen molar-refractivity contribution in [1.29, 1.82) is 0 Å². The third-order valence-electron chi connectivity index (χ3n) is 4.51. The molecule has 1 aromatic carbocycles. The zero-order chi connectivity index (χ0) is 17.8. The molecule has 1 aromatic heterocycles. The molecule has 0 radical (unpaired) electrons. The van der Waals surface area contributed by atoms with Gasteiger partial charge in [0.2, 0.25) is 5.91 Å². The van der Waals surface area contributed by atoms with Crippen LogP contribution in [0.15, 0.2) is 18.2 Å². The van der Waals surface area contributed by atoms with Gasteiger partial charge in [-0.1, -0.05) is 0 Å². The molecule has 0 saturated carbocycles. The Morgan fingerprint density at radius 1 is 1.56 bits per heavy atom. The highest BCUT2D eigenvalue weighted by atomic mass is 19.1. The smallest absolute Gasteiger partial charge is 0.248 e. The van der Waals surface area contributed by atoms with E-state index in [1.54, 1.807) is 13.0 Å². The summed E-state index contributed by atoms with van der Waals surface area (Å²) in [7, 11) is 1.85. The van der Waals surface area contributed by atoms with Crippen LogP contribution in [0.25, 0.3) is 11.0 Å². The number of nitrogens with one attached hydrogen (secondary N) is 1. The van der Waals surface area contributed by atoms with E-state index in [1.165, 1.54) is 12.1 Å². The van der Waals surface area contributed by atoms with Crippen molar-refractivity contribution in [3.63, 3.8) is 0 Å². The molecule has 0 bridgehead atoms. The van der Waals surface area contributed by atoms with Crippen LogP contribution in [0.1, 0.15) is 25.6 Å². The molecular weight excluding hydrogens is 325 g/mol. The van der Waals surface area contributed by atoms with Crippen LogP contribution in [0.5, 0.6) is 0 Å². The summed E-state index contributed by atoms with van der Waals surface area (Å²) < 4.78 is 26.2. The number of rotatable bonds is 7. The highest BCUT2D eigenvalue weighted by molar-refractivity contribution is 5.80. The molecule has 1 aliphatic heterocycles. The maximum Gasteiger partial charge on any atom is 0.248 e. The zero-order valence-corrected chi connectivity index (χ0v) is 14.6. The Morgan fingerprint density at radius 2 is 2.40 bits per heavy atom. The van der Waals surface area contributed by atoms with Crippen molar-refractivity contribution in [3.05, 3.63) is 29.8 Å². The van der Waals surface area contributed by atoms with E-state index in [0.717, 1.165) is 36.3 Å². The first kappa shape index (κ1) is 17.8. The lowest BCUT2D eigenvalue weighted by atomic mass is 10.2.